The highest BCUT2D eigenvalue weighted by molar-refractivity contribution is 5.70. The van der Waals surface area contributed by atoms with Crippen LogP contribution in [0.2, 0.25) is 0 Å². The van der Waals surface area contributed by atoms with Gasteiger partial charge in [0.25, 0.3) is 0 Å². The summed E-state index contributed by atoms with van der Waals surface area (Å²) in [4.78, 5) is 31.2. The Morgan fingerprint density at radius 1 is 1.21 bits per heavy atom. The molecule has 2 N–H and O–H groups in total. The first kappa shape index (κ1) is 20.3. The molecular weight excluding hydrogens is 385 g/mol. The van der Waals surface area contributed by atoms with Crippen LogP contribution in [0.3, 0.4) is 0 Å². The maximum Gasteiger partial charge on any atom is 0.407 e. The van der Waals surface area contributed by atoms with Crippen molar-refractivity contribution < 1.29 is 33.7 Å². The van der Waals surface area contributed by atoms with Crippen molar-refractivity contribution in [3.05, 3.63) is 41.5 Å². The molecule has 0 radical (unpaired) electrons. The Morgan fingerprint density at radius 3 is 2.52 bits per heavy atom. The predicted molar refractivity (Wildman–Crippen MR) is 97.8 cm³/mol. The average Bonchev–Trinajstić information content (AvgIpc) is 2.67. The number of piperidine rings is 1. The van der Waals surface area contributed by atoms with Gasteiger partial charge in [0.1, 0.15) is 12.4 Å². The minimum Gasteiger partial charge on any atom is -0.481 e. The molecule has 1 aliphatic heterocycles. The quantitative estimate of drug-likeness (QED) is 0.752. The van der Waals surface area contributed by atoms with Crippen molar-refractivity contribution in [1.82, 2.24) is 14.9 Å². The Hall–Kier alpha value is -3.43. The van der Waals surface area contributed by atoms with Crippen LogP contribution in [-0.4, -0.2) is 56.3 Å². The standard InChI is InChI=1S/C19H20FN3O6/c1-11-17(28-13-4-6-23(7-5-13)19(26)27)21-10-22-18(11)29-15-3-2-12(8-14(15)20)9-16(24)25/h2-3,8,10,13H,4-7,9H2,1H3,(H,24,25)(H,26,27). The maximum atomic E-state index is 14.2. The zero-order valence-corrected chi connectivity index (χ0v) is 15.7. The molecule has 1 fully saturated rings. The molecule has 0 atom stereocenters. The largest absolute Gasteiger partial charge is 0.481 e. The summed E-state index contributed by atoms with van der Waals surface area (Å²) in [6, 6.07) is 3.92. The first-order chi connectivity index (χ1) is 13.8. The second kappa shape index (κ2) is 8.72. The lowest BCUT2D eigenvalue weighted by Crippen LogP contribution is -2.41. The van der Waals surface area contributed by atoms with Gasteiger partial charge in [0.15, 0.2) is 11.6 Å². The number of carboxylic acids is 1. The van der Waals surface area contributed by atoms with E-state index in [9.17, 15) is 14.0 Å². The average molecular weight is 405 g/mol. The number of nitrogens with zero attached hydrogens (tertiary/aromatic N) is 3. The smallest absolute Gasteiger partial charge is 0.407 e. The molecule has 0 unspecified atom stereocenters. The van der Waals surface area contributed by atoms with Crippen LogP contribution in [0.5, 0.6) is 17.5 Å². The number of carboxylic acid groups (broad SMARTS) is 2. The van der Waals surface area contributed by atoms with E-state index in [-0.39, 0.29) is 30.0 Å². The van der Waals surface area contributed by atoms with Gasteiger partial charge in [-0.1, -0.05) is 6.07 Å². The van der Waals surface area contributed by atoms with E-state index < -0.39 is 17.9 Å². The minimum absolute atomic E-state index is 0.0957. The fourth-order valence-corrected chi connectivity index (χ4v) is 2.98. The highest BCUT2D eigenvalue weighted by Gasteiger charge is 2.25. The number of halogens is 1. The summed E-state index contributed by atoms with van der Waals surface area (Å²) >= 11 is 0. The molecule has 2 aromatic rings. The van der Waals surface area contributed by atoms with E-state index in [1.54, 1.807) is 6.92 Å². The molecule has 10 heteroatoms. The summed E-state index contributed by atoms with van der Waals surface area (Å²) in [5.41, 5.74) is 0.792. The number of likely N-dealkylation sites (tertiary alicyclic amines) is 1. The summed E-state index contributed by atoms with van der Waals surface area (Å²) in [6.07, 6.45) is 0.869. The molecule has 154 valence electrons. The van der Waals surface area contributed by atoms with E-state index in [2.05, 4.69) is 9.97 Å². The fraction of sp³-hybridized carbons (Fsp3) is 0.368. The molecule has 0 saturated carbocycles. The molecule has 29 heavy (non-hydrogen) atoms. The lowest BCUT2D eigenvalue weighted by atomic mass is 10.1. The van der Waals surface area contributed by atoms with E-state index in [1.807, 2.05) is 0 Å². The van der Waals surface area contributed by atoms with Gasteiger partial charge >= 0.3 is 12.1 Å². The molecule has 2 heterocycles. The van der Waals surface area contributed by atoms with Crippen molar-refractivity contribution in [3.63, 3.8) is 0 Å². The van der Waals surface area contributed by atoms with Crippen LogP contribution >= 0.6 is 0 Å². The predicted octanol–water partition coefficient (Wildman–Crippen LogP) is 2.86. The van der Waals surface area contributed by atoms with Crippen LogP contribution < -0.4 is 9.47 Å². The van der Waals surface area contributed by atoms with Gasteiger partial charge in [-0.3, -0.25) is 4.79 Å². The van der Waals surface area contributed by atoms with Crippen LogP contribution in [0.4, 0.5) is 9.18 Å². The Labute approximate surface area is 165 Å². The lowest BCUT2D eigenvalue weighted by molar-refractivity contribution is -0.136. The second-order valence-electron chi connectivity index (χ2n) is 6.63. The van der Waals surface area contributed by atoms with Gasteiger partial charge < -0.3 is 24.6 Å². The molecule has 9 nitrogen and oxygen atoms in total. The van der Waals surface area contributed by atoms with Gasteiger partial charge in [0.05, 0.1) is 12.0 Å². The normalized spacial score (nSPS) is 14.5. The SMILES string of the molecule is Cc1c(Oc2ccc(CC(=O)O)cc2F)ncnc1OC1CCN(C(=O)O)CC1. The van der Waals surface area contributed by atoms with Crippen LogP contribution in [0, 0.1) is 12.7 Å². The third-order valence-electron chi connectivity index (χ3n) is 4.54. The molecule has 1 aromatic carbocycles. The van der Waals surface area contributed by atoms with Crippen molar-refractivity contribution in [3.8, 4) is 17.5 Å². The van der Waals surface area contributed by atoms with Crippen molar-refractivity contribution >= 4 is 12.1 Å². The summed E-state index contributed by atoms with van der Waals surface area (Å²) in [5.74, 6) is -1.46. The summed E-state index contributed by atoms with van der Waals surface area (Å²) in [5, 5.41) is 17.8. The summed E-state index contributed by atoms with van der Waals surface area (Å²) < 4.78 is 25.7. The molecule has 0 aliphatic carbocycles. The highest BCUT2D eigenvalue weighted by atomic mass is 19.1. The van der Waals surface area contributed by atoms with Gasteiger partial charge in [-0.25, -0.2) is 19.2 Å². The first-order valence-electron chi connectivity index (χ1n) is 8.97. The van der Waals surface area contributed by atoms with Gasteiger partial charge in [0.2, 0.25) is 11.8 Å². The number of benzene rings is 1. The number of aromatic nitrogens is 2. The van der Waals surface area contributed by atoms with E-state index in [0.717, 1.165) is 6.07 Å². The third kappa shape index (κ3) is 5.09. The Bertz CT molecular complexity index is 915. The van der Waals surface area contributed by atoms with Gasteiger partial charge in [-0.05, 0) is 24.6 Å². The summed E-state index contributed by atoms with van der Waals surface area (Å²) in [7, 11) is 0. The van der Waals surface area contributed by atoms with Crippen molar-refractivity contribution in [2.75, 3.05) is 13.1 Å². The van der Waals surface area contributed by atoms with Crippen LogP contribution in [0.15, 0.2) is 24.5 Å². The topological polar surface area (TPSA) is 122 Å². The Kier molecular flexibility index (Phi) is 6.10. The molecule has 1 saturated heterocycles. The molecule has 1 amide bonds. The Morgan fingerprint density at radius 2 is 1.90 bits per heavy atom. The molecule has 3 rings (SSSR count). The van der Waals surface area contributed by atoms with E-state index in [0.29, 0.717) is 37.1 Å². The van der Waals surface area contributed by atoms with Crippen LogP contribution in [0.25, 0.3) is 0 Å². The van der Waals surface area contributed by atoms with Gasteiger partial charge in [0, 0.05) is 25.9 Å². The highest BCUT2D eigenvalue weighted by Crippen LogP contribution is 2.30. The van der Waals surface area contributed by atoms with Crippen LogP contribution in [0.1, 0.15) is 24.0 Å². The molecule has 0 spiro atoms. The number of ether oxygens (including phenoxy) is 2. The maximum absolute atomic E-state index is 14.2. The zero-order valence-electron chi connectivity index (χ0n) is 15.7. The molecule has 0 bridgehead atoms. The second-order valence-corrected chi connectivity index (χ2v) is 6.63. The number of amides is 1. The summed E-state index contributed by atoms with van der Waals surface area (Å²) in [6.45, 7) is 2.43. The van der Waals surface area contributed by atoms with E-state index >= 15 is 0 Å². The zero-order chi connectivity index (χ0) is 21.0. The molecular formula is C19H20FN3O6. The van der Waals surface area contributed by atoms with Crippen molar-refractivity contribution in [1.29, 1.82) is 0 Å². The minimum atomic E-state index is -1.05. The Balaban J connectivity index is 1.69. The lowest BCUT2D eigenvalue weighted by Gasteiger charge is -2.30. The monoisotopic (exact) mass is 405 g/mol. The van der Waals surface area contributed by atoms with E-state index in [1.165, 1.54) is 23.4 Å². The third-order valence-corrected chi connectivity index (χ3v) is 4.54. The van der Waals surface area contributed by atoms with Crippen molar-refractivity contribution in [2.45, 2.75) is 32.3 Å². The van der Waals surface area contributed by atoms with Gasteiger partial charge in [-0.15, -0.1) is 0 Å². The van der Waals surface area contributed by atoms with Crippen LogP contribution in [-0.2, 0) is 11.2 Å². The molecule has 1 aliphatic rings. The first-order valence-corrected chi connectivity index (χ1v) is 8.97. The number of hydrogen-bond donors (Lipinski definition) is 2. The van der Waals surface area contributed by atoms with Gasteiger partial charge in [-0.2, -0.15) is 0 Å². The number of carbonyl (C=O) groups is 2. The van der Waals surface area contributed by atoms with Crippen molar-refractivity contribution in [2.24, 2.45) is 0 Å². The number of hydrogen-bond acceptors (Lipinski definition) is 6. The van der Waals surface area contributed by atoms with E-state index in [4.69, 9.17) is 19.7 Å². The number of rotatable bonds is 6. The molecule has 1 aromatic heterocycles. The number of aliphatic carboxylic acids is 1. The fourth-order valence-electron chi connectivity index (χ4n) is 2.98.